The molecule has 0 spiro atoms. The monoisotopic (exact) mass is 215 g/mol. The maximum Gasteiger partial charge on any atom is 0.237 e. The maximum atomic E-state index is 11.6. The standard InChI is InChI=1S/C11H25N3O/c1-8(2)6-10(12)11(15)13-9(3)7-14(4)5/h8-10H,6-7,12H2,1-5H3,(H,13,15). The van der Waals surface area contributed by atoms with Crippen molar-refractivity contribution in [3.8, 4) is 0 Å². The average Bonchev–Trinajstić information content (AvgIpc) is 2.00. The molecule has 0 aliphatic rings. The van der Waals surface area contributed by atoms with Crippen LogP contribution in [0.5, 0.6) is 0 Å². The van der Waals surface area contributed by atoms with Gasteiger partial charge in [0.05, 0.1) is 6.04 Å². The number of hydrogen-bond donors (Lipinski definition) is 2. The van der Waals surface area contributed by atoms with Crippen molar-refractivity contribution in [3.05, 3.63) is 0 Å². The molecule has 0 bridgehead atoms. The van der Waals surface area contributed by atoms with Crippen LogP contribution in [0.2, 0.25) is 0 Å². The summed E-state index contributed by atoms with van der Waals surface area (Å²) >= 11 is 0. The SMILES string of the molecule is CC(C)CC(N)C(=O)NC(C)CN(C)C. The number of carbonyl (C=O) groups excluding carboxylic acids is 1. The highest BCUT2D eigenvalue weighted by Gasteiger charge is 2.16. The molecule has 0 aliphatic carbocycles. The van der Waals surface area contributed by atoms with Crippen molar-refractivity contribution in [2.75, 3.05) is 20.6 Å². The summed E-state index contributed by atoms with van der Waals surface area (Å²) in [7, 11) is 3.97. The fraction of sp³-hybridized carbons (Fsp3) is 0.909. The number of hydrogen-bond acceptors (Lipinski definition) is 3. The lowest BCUT2D eigenvalue weighted by atomic mass is 10.0. The van der Waals surface area contributed by atoms with Gasteiger partial charge in [-0.1, -0.05) is 13.8 Å². The van der Waals surface area contributed by atoms with Gasteiger partial charge < -0.3 is 16.0 Å². The molecule has 3 N–H and O–H groups in total. The van der Waals surface area contributed by atoms with Gasteiger partial charge in [0, 0.05) is 12.6 Å². The van der Waals surface area contributed by atoms with Gasteiger partial charge in [0.1, 0.15) is 0 Å². The Hall–Kier alpha value is -0.610. The minimum absolute atomic E-state index is 0.0435. The average molecular weight is 215 g/mol. The molecule has 0 radical (unpaired) electrons. The molecule has 0 saturated carbocycles. The van der Waals surface area contributed by atoms with Crippen LogP contribution in [0, 0.1) is 5.92 Å². The lowest BCUT2D eigenvalue weighted by molar-refractivity contribution is -0.123. The molecule has 0 rings (SSSR count). The van der Waals surface area contributed by atoms with Gasteiger partial charge in [0.2, 0.25) is 5.91 Å². The van der Waals surface area contributed by atoms with E-state index in [9.17, 15) is 4.79 Å². The van der Waals surface area contributed by atoms with Crippen LogP contribution in [0.3, 0.4) is 0 Å². The summed E-state index contributed by atoms with van der Waals surface area (Å²) < 4.78 is 0. The Labute approximate surface area is 93.2 Å². The molecule has 0 heterocycles. The van der Waals surface area contributed by atoms with E-state index in [1.54, 1.807) is 0 Å². The van der Waals surface area contributed by atoms with E-state index >= 15 is 0 Å². The first-order chi connectivity index (χ1) is 6.82. The van der Waals surface area contributed by atoms with Gasteiger partial charge >= 0.3 is 0 Å². The fourth-order valence-electron chi connectivity index (χ4n) is 1.56. The van der Waals surface area contributed by atoms with Gasteiger partial charge in [-0.05, 0) is 33.4 Å². The molecule has 4 heteroatoms. The van der Waals surface area contributed by atoms with E-state index in [4.69, 9.17) is 5.73 Å². The number of nitrogens with zero attached hydrogens (tertiary/aromatic N) is 1. The molecular formula is C11H25N3O. The molecule has 90 valence electrons. The van der Waals surface area contributed by atoms with Crippen molar-refractivity contribution >= 4 is 5.91 Å². The molecule has 0 aliphatic heterocycles. The van der Waals surface area contributed by atoms with E-state index in [2.05, 4.69) is 19.2 Å². The number of rotatable bonds is 6. The minimum atomic E-state index is -0.380. The third-order valence-electron chi connectivity index (χ3n) is 2.09. The normalized spacial score (nSPS) is 15.5. The summed E-state index contributed by atoms with van der Waals surface area (Å²) in [5.41, 5.74) is 5.77. The quantitative estimate of drug-likeness (QED) is 0.675. The van der Waals surface area contributed by atoms with Crippen LogP contribution in [0.25, 0.3) is 0 Å². The zero-order valence-corrected chi connectivity index (χ0v) is 10.6. The number of amides is 1. The van der Waals surface area contributed by atoms with E-state index < -0.39 is 0 Å². The number of likely N-dealkylation sites (N-methyl/N-ethyl adjacent to an activating group) is 1. The Morgan fingerprint density at radius 3 is 2.27 bits per heavy atom. The smallest absolute Gasteiger partial charge is 0.237 e. The third kappa shape index (κ3) is 7.33. The second kappa shape index (κ2) is 6.80. The molecule has 2 atom stereocenters. The second-order valence-corrected chi connectivity index (χ2v) is 4.91. The molecule has 2 unspecified atom stereocenters. The molecule has 1 amide bonds. The van der Waals surface area contributed by atoms with Crippen LogP contribution in [0.15, 0.2) is 0 Å². The molecule has 0 aromatic carbocycles. The fourth-order valence-corrected chi connectivity index (χ4v) is 1.56. The zero-order chi connectivity index (χ0) is 12.0. The third-order valence-corrected chi connectivity index (χ3v) is 2.09. The first kappa shape index (κ1) is 14.4. The Kier molecular flexibility index (Phi) is 6.52. The van der Waals surface area contributed by atoms with Crippen molar-refractivity contribution in [1.29, 1.82) is 0 Å². The van der Waals surface area contributed by atoms with Crippen molar-refractivity contribution in [2.24, 2.45) is 11.7 Å². The highest BCUT2D eigenvalue weighted by Crippen LogP contribution is 2.02. The Morgan fingerprint density at radius 1 is 1.33 bits per heavy atom. The van der Waals surface area contributed by atoms with Crippen LogP contribution in [0.1, 0.15) is 27.2 Å². The van der Waals surface area contributed by atoms with E-state index in [1.807, 2.05) is 25.9 Å². The van der Waals surface area contributed by atoms with Crippen LogP contribution in [0.4, 0.5) is 0 Å². The van der Waals surface area contributed by atoms with Crippen molar-refractivity contribution in [1.82, 2.24) is 10.2 Å². The number of carbonyl (C=O) groups is 1. The molecule has 0 aromatic rings. The zero-order valence-electron chi connectivity index (χ0n) is 10.6. The van der Waals surface area contributed by atoms with Gasteiger partial charge in [0.15, 0.2) is 0 Å². The largest absolute Gasteiger partial charge is 0.351 e. The first-order valence-corrected chi connectivity index (χ1v) is 5.53. The van der Waals surface area contributed by atoms with Gasteiger partial charge in [-0.25, -0.2) is 0 Å². The Bertz CT molecular complexity index is 192. The molecule has 4 nitrogen and oxygen atoms in total. The Balaban J connectivity index is 3.90. The first-order valence-electron chi connectivity index (χ1n) is 5.53. The van der Waals surface area contributed by atoms with Crippen LogP contribution < -0.4 is 11.1 Å². The summed E-state index contributed by atoms with van der Waals surface area (Å²) in [4.78, 5) is 13.7. The van der Waals surface area contributed by atoms with E-state index in [-0.39, 0.29) is 18.0 Å². The predicted molar refractivity (Wildman–Crippen MR) is 63.6 cm³/mol. The van der Waals surface area contributed by atoms with Crippen LogP contribution in [-0.4, -0.2) is 43.5 Å². The molecular weight excluding hydrogens is 190 g/mol. The predicted octanol–water partition coefficient (Wildman–Crippen LogP) is 0.426. The maximum absolute atomic E-state index is 11.6. The minimum Gasteiger partial charge on any atom is -0.351 e. The molecule has 0 aromatic heterocycles. The summed E-state index contributed by atoms with van der Waals surface area (Å²) in [5.74, 6) is 0.410. The number of nitrogens with one attached hydrogen (secondary N) is 1. The molecule has 0 fully saturated rings. The lowest BCUT2D eigenvalue weighted by Crippen LogP contribution is -2.47. The van der Waals surface area contributed by atoms with E-state index in [0.717, 1.165) is 13.0 Å². The highest BCUT2D eigenvalue weighted by atomic mass is 16.2. The van der Waals surface area contributed by atoms with Crippen molar-refractivity contribution < 1.29 is 4.79 Å². The molecule has 15 heavy (non-hydrogen) atoms. The van der Waals surface area contributed by atoms with E-state index in [1.165, 1.54) is 0 Å². The lowest BCUT2D eigenvalue weighted by Gasteiger charge is -2.21. The Morgan fingerprint density at radius 2 is 1.87 bits per heavy atom. The molecule has 0 saturated heterocycles. The summed E-state index contributed by atoms with van der Waals surface area (Å²) in [6, 6.07) is -0.236. The topological polar surface area (TPSA) is 58.4 Å². The van der Waals surface area contributed by atoms with Gasteiger partial charge in [0.25, 0.3) is 0 Å². The highest BCUT2D eigenvalue weighted by molar-refractivity contribution is 5.81. The summed E-state index contributed by atoms with van der Waals surface area (Å²) in [6.45, 7) is 6.95. The van der Waals surface area contributed by atoms with Crippen LogP contribution in [-0.2, 0) is 4.79 Å². The van der Waals surface area contributed by atoms with Gasteiger partial charge in [-0.3, -0.25) is 4.79 Å². The van der Waals surface area contributed by atoms with Crippen molar-refractivity contribution in [3.63, 3.8) is 0 Å². The second-order valence-electron chi connectivity index (χ2n) is 4.91. The van der Waals surface area contributed by atoms with Crippen LogP contribution >= 0.6 is 0 Å². The van der Waals surface area contributed by atoms with Crippen molar-refractivity contribution in [2.45, 2.75) is 39.3 Å². The number of nitrogens with two attached hydrogens (primary N) is 1. The summed E-state index contributed by atoms with van der Waals surface area (Å²) in [6.07, 6.45) is 0.737. The van der Waals surface area contributed by atoms with Gasteiger partial charge in [-0.2, -0.15) is 0 Å². The van der Waals surface area contributed by atoms with E-state index in [0.29, 0.717) is 5.92 Å². The van der Waals surface area contributed by atoms with Gasteiger partial charge in [-0.15, -0.1) is 0 Å². The summed E-state index contributed by atoms with van der Waals surface area (Å²) in [5, 5.41) is 2.91.